The van der Waals surface area contributed by atoms with Gasteiger partial charge in [-0.1, -0.05) is 23.2 Å². The van der Waals surface area contributed by atoms with E-state index >= 15 is 0 Å². The molecule has 4 atom stereocenters. The van der Waals surface area contributed by atoms with E-state index in [1.165, 1.54) is 12.1 Å². The Labute approximate surface area is 142 Å². The maximum atomic E-state index is 11.7. The van der Waals surface area contributed by atoms with E-state index in [1.54, 1.807) is 6.07 Å². The van der Waals surface area contributed by atoms with Crippen LogP contribution < -0.4 is 4.74 Å². The SMILES string of the molecule is O=C(COc1ccc(Cl)cc1Cl)O[C@@H]1CC(O)[C@H](O)C(CO)O1. The van der Waals surface area contributed by atoms with Crippen molar-refractivity contribution >= 4 is 29.2 Å². The minimum absolute atomic E-state index is 0.106. The summed E-state index contributed by atoms with van der Waals surface area (Å²) in [6, 6.07) is 4.54. The van der Waals surface area contributed by atoms with Crippen LogP contribution in [0.3, 0.4) is 0 Å². The molecule has 0 amide bonds. The van der Waals surface area contributed by atoms with Crippen molar-refractivity contribution in [3.8, 4) is 5.75 Å². The second kappa shape index (κ2) is 8.14. The normalized spacial score (nSPS) is 27.5. The Morgan fingerprint density at radius 2 is 2.09 bits per heavy atom. The van der Waals surface area contributed by atoms with Crippen LogP contribution in [0.1, 0.15) is 6.42 Å². The predicted molar refractivity (Wildman–Crippen MR) is 80.4 cm³/mol. The number of esters is 1. The van der Waals surface area contributed by atoms with Crippen LogP contribution in [0.15, 0.2) is 18.2 Å². The van der Waals surface area contributed by atoms with E-state index in [4.69, 9.17) is 42.5 Å². The standard InChI is InChI=1S/C14H16Cl2O7/c15-7-1-2-10(8(16)3-7)21-6-12(19)23-13-4-9(18)14(20)11(5-17)22-13/h1-3,9,11,13-14,17-18,20H,4-6H2/t9?,11?,13-,14+/m1/s1. The number of aliphatic hydroxyl groups is 3. The monoisotopic (exact) mass is 366 g/mol. The van der Waals surface area contributed by atoms with Gasteiger partial charge in [-0.25, -0.2) is 4.79 Å². The third-order valence-electron chi connectivity index (χ3n) is 3.22. The molecule has 1 fully saturated rings. The Balaban J connectivity index is 1.85. The van der Waals surface area contributed by atoms with Crippen LogP contribution in [-0.4, -0.2) is 59.1 Å². The van der Waals surface area contributed by atoms with Gasteiger partial charge in [-0.2, -0.15) is 0 Å². The molecule has 1 aromatic rings. The van der Waals surface area contributed by atoms with Crippen LogP contribution in [0.4, 0.5) is 0 Å². The highest BCUT2D eigenvalue weighted by Gasteiger charge is 2.38. The molecule has 23 heavy (non-hydrogen) atoms. The summed E-state index contributed by atoms with van der Waals surface area (Å²) in [4.78, 5) is 11.7. The Hall–Kier alpha value is -1.09. The molecule has 2 unspecified atom stereocenters. The number of benzene rings is 1. The minimum atomic E-state index is -1.24. The largest absolute Gasteiger partial charge is 0.480 e. The topological polar surface area (TPSA) is 105 Å². The average molecular weight is 367 g/mol. The molecule has 1 aromatic carbocycles. The molecule has 0 saturated carbocycles. The summed E-state index contributed by atoms with van der Waals surface area (Å²) in [5.41, 5.74) is 0. The van der Waals surface area contributed by atoms with Gasteiger partial charge in [0, 0.05) is 11.4 Å². The molecule has 2 rings (SSSR count). The second-order valence-electron chi connectivity index (χ2n) is 4.93. The van der Waals surface area contributed by atoms with Crippen molar-refractivity contribution in [3.05, 3.63) is 28.2 Å². The summed E-state index contributed by atoms with van der Waals surface area (Å²) in [6.07, 6.45) is -4.61. The van der Waals surface area contributed by atoms with Crippen LogP contribution in [0.5, 0.6) is 5.75 Å². The highest BCUT2D eigenvalue weighted by molar-refractivity contribution is 6.35. The molecule has 3 N–H and O–H groups in total. The van der Waals surface area contributed by atoms with Crippen molar-refractivity contribution in [2.75, 3.05) is 13.2 Å². The number of ether oxygens (including phenoxy) is 3. The quantitative estimate of drug-likeness (QED) is 0.660. The van der Waals surface area contributed by atoms with Gasteiger partial charge in [0.25, 0.3) is 0 Å². The van der Waals surface area contributed by atoms with Crippen molar-refractivity contribution in [2.45, 2.75) is 31.0 Å². The molecular weight excluding hydrogens is 351 g/mol. The van der Waals surface area contributed by atoms with Gasteiger partial charge in [-0.05, 0) is 18.2 Å². The number of carbonyl (C=O) groups is 1. The van der Waals surface area contributed by atoms with Gasteiger partial charge < -0.3 is 29.5 Å². The lowest BCUT2D eigenvalue weighted by atomic mass is 10.0. The molecular formula is C14H16Cl2O7. The summed E-state index contributed by atoms with van der Waals surface area (Å²) in [5, 5.41) is 28.9. The van der Waals surface area contributed by atoms with E-state index in [9.17, 15) is 15.0 Å². The average Bonchev–Trinajstić information content (AvgIpc) is 2.49. The van der Waals surface area contributed by atoms with Gasteiger partial charge >= 0.3 is 5.97 Å². The zero-order chi connectivity index (χ0) is 17.0. The summed E-state index contributed by atoms with van der Waals surface area (Å²) < 4.78 is 15.4. The predicted octanol–water partition coefficient (Wildman–Crippen LogP) is 0.744. The first-order chi connectivity index (χ1) is 10.9. The molecule has 0 radical (unpaired) electrons. The molecule has 0 bridgehead atoms. The van der Waals surface area contributed by atoms with E-state index in [1.807, 2.05) is 0 Å². The molecule has 1 saturated heterocycles. The van der Waals surface area contributed by atoms with Gasteiger partial charge in [0.05, 0.1) is 17.7 Å². The third-order valence-corrected chi connectivity index (χ3v) is 3.75. The van der Waals surface area contributed by atoms with Crippen LogP contribution in [-0.2, 0) is 14.3 Å². The summed E-state index contributed by atoms with van der Waals surface area (Å²) in [7, 11) is 0. The van der Waals surface area contributed by atoms with E-state index in [-0.39, 0.29) is 17.2 Å². The highest BCUT2D eigenvalue weighted by atomic mass is 35.5. The van der Waals surface area contributed by atoms with E-state index < -0.39 is 43.8 Å². The Bertz CT molecular complexity index is 554. The fourth-order valence-corrected chi connectivity index (χ4v) is 2.51. The Morgan fingerprint density at radius 1 is 1.35 bits per heavy atom. The Kier molecular flexibility index (Phi) is 6.46. The Morgan fingerprint density at radius 3 is 2.74 bits per heavy atom. The van der Waals surface area contributed by atoms with Crippen molar-refractivity contribution in [2.24, 2.45) is 0 Å². The van der Waals surface area contributed by atoms with Crippen molar-refractivity contribution < 1.29 is 34.3 Å². The number of rotatable bonds is 5. The van der Waals surface area contributed by atoms with Crippen LogP contribution in [0.25, 0.3) is 0 Å². The molecule has 1 aliphatic rings. The fraction of sp³-hybridized carbons (Fsp3) is 0.500. The molecule has 1 heterocycles. The number of hydrogen-bond acceptors (Lipinski definition) is 7. The third kappa shape index (κ3) is 4.94. The first-order valence-corrected chi connectivity index (χ1v) is 7.56. The second-order valence-corrected chi connectivity index (χ2v) is 5.78. The molecule has 7 nitrogen and oxygen atoms in total. The van der Waals surface area contributed by atoms with E-state index in [0.717, 1.165) is 0 Å². The minimum Gasteiger partial charge on any atom is -0.480 e. The number of halogens is 2. The lowest BCUT2D eigenvalue weighted by molar-refractivity contribution is -0.251. The summed E-state index contributed by atoms with van der Waals surface area (Å²) in [6.45, 7) is -0.938. The van der Waals surface area contributed by atoms with Gasteiger partial charge in [0.15, 0.2) is 6.61 Å². The first kappa shape index (κ1) is 18.3. The van der Waals surface area contributed by atoms with E-state index in [2.05, 4.69) is 0 Å². The van der Waals surface area contributed by atoms with Gasteiger partial charge in [0.2, 0.25) is 6.29 Å². The smallest absolute Gasteiger partial charge is 0.346 e. The number of aliphatic hydroxyl groups excluding tert-OH is 3. The van der Waals surface area contributed by atoms with Crippen molar-refractivity contribution in [1.29, 1.82) is 0 Å². The van der Waals surface area contributed by atoms with Crippen LogP contribution in [0.2, 0.25) is 10.0 Å². The van der Waals surface area contributed by atoms with Crippen LogP contribution >= 0.6 is 23.2 Å². The first-order valence-electron chi connectivity index (χ1n) is 6.80. The molecule has 0 spiro atoms. The molecule has 0 aromatic heterocycles. The van der Waals surface area contributed by atoms with Gasteiger partial charge in [-0.15, -0.1) is 0 Å². The highest BCUT2D eigenvalue weighted by Crippen LogP contribution is 2.27. The molecule has 1 aliphatic heterocycles. The fourth-order valence-electron chi connectivity index (χ4n) is 2.05. The summed E-state index contributed by atoms with van der Waals surface area (Å²) >= 11 is 11.7. The summed E-state index contributed by atoms with van der Waals surface area (Å²) in [5.74, 6) is -0.484. The molecule has 128 valence electrons. The van der Waals surface area contributed by atoms with Crippen molar-refractivity contribution in [1.82, 2.24) is 0 Å². The number of carbonyl (C=O) groups excluding carboxylic acids is 1. The molecule has 0 aliphatic carbocycles. The van der Waals surface area contributed by atoms with Gasteiger partial charge in [0.1, 0.15) is 18.0 Å². The maximum absolute atomic E-state index is 11.7. The maximum Gasteiger partial charge on any atom is 0.346 e. The molecule has 9 heteroatoms. The number of hydrogen-bond donors (Lipinski definition) is 3. The zero-order valence-electron chi connectivity index (χ0n) is 11.9. The van der Waals surface area contributed by atoms with E-state index in [0.29, 0.717) is 5.02 Å². The van der Waals surface area contributed by atoms with Crippen molar-refractivity contribution in [3.63, 3.8) is 0 Å². The zero-order valence-corrected chi connectivity index (χ0v) is 13.4. The lowest BCUT2D eigenvalue weighted by Crippen LogP contribution is -2.51. The van der Waals surface area contributed by atoms with Gasteiger partial charge in [-0.3, -0.25) is 0 Å². The lowest BCUT2D eigenvalue weighted by Gasteiger charge is -2.35. The van der Waals surface area contributed by atoms with Crippen LogP contribution in [0, 0.1) is 0 Å².